The lowest BCUT2D eigenvalue weighted by molar-refractivity contribution is -0.138. The Morgan fingerprint density at radius 3 is 2.46 bits per heavy atom. The molecule has 1 aromatic carbocycles. The molecular formula is C15H18ClF3N4O. The Morgan fingerprint density at radius 2 is 1.92 bits per heavy atom. The molecule has 0 aromatic heterocycles. The molecule has 1 amide bonds. The third kappa shape index (κ3) is 4.39. The molecule has 1 saturated heterocycles. The van der Waals surface area contributed by atoms with Crippen molar-refractivity contribution in [3.8, 4) is 0 Å². The van der Waals surface area contributed by atoms with E-state index in [1.54, 1.807) is 0 Å². The molecule has 0 aliphatic carbocycles. The number of benzene rings is 1. The molecule has 0 unspecified atom stereocenters. The van der Waals surface area contributed by atoms with Crippen LogP contribution in [0.4, 0.5) is 18.9 Å². The maximum absolute atomic E-state index is 13.4. The van der Waals surface area contributed by atoms with Gasteiger partial charge in [-0.2, -0.15) is 13.2 Å². The van der Waals surface area contributed by atoms with Crippen molar-refractivity contribution in [2.75, 3.05) is 39.1 Å². The highest BCUT2D eigenvalue weighted by molar-refractivity contribution is 6.28. The third-order valence-electron chi connectivity index (χ3n) is 3.74. The number of hydrogen-bond acceptors (Lipinski definition) is 3. The maximum Gasteiger partial charge on any atom is 0.417 e. The molecule has 1 aliphatic heterocycles. The molecule has 0 atom stereocenters. The van der Waals surface area contributed by atoms with E-state index in [2.05, 4.69) is 4.99 Å². The van der Waals surface area contributed by atoms with Crippen LogP contribution in [-0.4, -0.2) is 60.6 Å². The van der Waals surface area contributed by atoms with E-state index in [9.17, 15) is 18.0 Å². The number of aliphatic imine (C=N–C) groups is 1. The molecule has 0 spiro atoms. The molecule has 132 valence electrons. The van der Waals surface area contributed by atoms with E-state index in [0.29, 0.717) is 26.2 Å². The molecular weight excluding hydrogens is 345 g/mol. The van der Waals surface area contributed by atoms with Gasteiger partial charge in [0, 0.05) is 26.2 Å². The van der Waals surface area contributed by atoms with Crippen molar-refractivity contribution in [3.63, 3.8) is 0 Å². The average Bonchev–Trinajstić information content (AvgIpc) is 2.54. The number of carbonyl (C=O) groups excluding carboxylic acids is 1. The summed E-state index contributed by atoms with van der Waals surface area (Å²) in [6, 6.07) is 3.30. The van der Waals surface area contributed by atoms with E-state index in [1.807, 2.05) is 11.9 Å². The summed E-state index contributed by atoms with van der Waals surface area (Å²) in [5, 5.41) is 0. The zero-order valence-corrected chi connectivity index (χ0v) is 13.9. The Hall–Kier alpha value is -1.80. The van der Waals surface area contributed by atoms with Crippen molar-refractivity contribution < 1.29 is 18.0 Å². The minimum absolute atomic E-state index is 0.00272. The highest BCUT2D eigenvalue weighted by atomic mass is 35.5. The van der Waals surface area contributed by atoms with Gasteiger partial charge < -0.3 is 15.5 Å². The Labute approximate surface area is 142 Å². The SMILES string of the molecule is CN1CCN(C(=O)c2ccc(N=C(N)CCl)cc2C(F)(F)F)CC1. The molecule has 2 rings (SSSR count). The van der Waals surface area contributed by atoms with Crippen LogP contribution in [0, 0.1) is 0 Å². The predicted octanol–water partition coefficient (Wildman–Crippen LogP) is 2.32. The second-order valence-corrected chi connectivity index (χ2v) is 5.83. The summed E-state index contributed by atoms with van der Waals surface area (Å²) in [4.78, 5) is 19.7. The first kappa shape index (κ1) is 18.5. The van der Waals surface area contributed by atoms with Crippen molar-refractivity contribution >= 4 is 29.0 Å². The average molecular weight is 363 g/mol. The van der Waals surface area contributed by atoms with E-state index in [-0.39, 0.29) is 23.0 Å². The Balaban J connectivity index is 2.37. The smallest absolute Gasteiger partial charge is 0.386 e. The van der Waals surface area contributed by atoms with Gasteiger partial charge in [-0.15, -0.1) is 11.6 Å². The van der Waals surface area contributed by atoms with Gasteiger partial charge in [0.2, 0.25) is 0 Å². The van der Waals surface area contributed by atoms with Gasteiger partial charge in [-0.1, -0.05) is 0 Å². The number of carbonyl (C=O) groups is 1. The van der Waals surface area contributed by atoms with Gasteiger partial charge in [0.1, 0.15) is 5.84 Å². The largest absolute Gasteiger partial charge is 0.417 e. The highest BCUT2D eigenvalue weighted by Crippen LogP contribution is 2.35. The van der Waals surface area contributed by atoms with Gasteiger partial charge in [-0.3, -0.25) is 4.79 Å². The highest BCUT2D eigenvalue weighted by Gasteiger charge is 2.37. The number of piperazine rings is 1. The second kappa shape index (κ2) is 7.40. The predicted molar refractivity (Wildman–Crippen MR) is 86.8 cm³/mol. The van der Waals surface area contributed by atoms with Crippen LogP contribution in [0.25, 0.3) is 0 Å². The maximum atomic E-state index is 13.4. The summed E-state index contributed by atoms with van der Waals surface area (Å²) in [6.45, 7) is 2.04. The van der Waals surface area contributed by atoms with Crippen LogP contribution in [0.15, 0.2) is 23.2 Å². The minimum atomic E-state index is -4.67. The summed E-state index contributed by atoms with van der Waals surface area (Å²) < 4.78 is 40.1. The summed E-state index contributed by atoms with van der Waals surface area (Å²) in [7, 11) is 1.90. The van der Waals surface area contributed by atoms with E-state index in [0.717, 1.165) is 12.1 Å². The van der Waals surface area contributed by atoms with Gasteiger partial charge >= 0.3 is 6.18 Å². The normalized spacial score (nSPS) is 17.2. The monoisotopic (exact) mass is 362 g/mol. The standard InChI is InChI=1S/C15H18ClF3N4O/c1-22-4-6-23(7-5-22)14(24)11-3-2-10(21-13(20)9-16)8-12(11)15(17,18)19/h2-3,8H,4-7,9H2,1H3,(H2,20,21). The molecule has 5 nitrogen and oxygen atoms in total. The van der Waals surface area contributed by atoms with Gasteiger partial charge in [0.15, 0.2) is 0 Å². The van der Waals surface area contributed by atoms with Crippen molar-refractivity contribution in [2.45, 2.75) is 6.18 Å². The fraction of sp³-hybridized carbons (Fsp3) is 0.467. The Bertz CT molecular complexity index is 640. The van der Waals surface area contributed by atoms with Crippen LogP contribution >= 0.6 is 11.6 Å². The first-order valence-corrected chi connectivity index (χ1v) is 7.84. The summed E-state index contributed by atoms with van der Waals surface area (Å²) in [5.41, 5.74) is 4.06. The van der Waals surface area contributed by atoms with Crippen LogP contribution < -0.4 is 5.73 Å². The molecule has 1 fully saturated rings. The number of likely N-dealkylation sites (N-methyl/N-ethyl adjacent to an activating group) is 1. The third-order valence-corrected chi connectivity index (χ3v) is 4.01. The van der Waals surface area contributed by atoms with Crippen LogP contribution in [0.3, 0.4) is 0 Å². The van der Waals surface area contributed by atoms with Gasteiger partial charge in [0.25, 0.3) is 5.91 Å². The lowest BCUT2D eigenvalue weighted by atomic mass is 10.0. The molecule has 24 heavy (non-hydrogen) atoms. The van der Waals surface area contributed by atoms with E-state index >= 15 is 0 Å². The van der Waals surface area contributed by atoms with Crippen LogP contribution in [0.5, 0.6) is 0 Å². The Kier molecular flexibility index (Phi) is 5.71. The number of amidine groups is 1. The molecule has 0 bridgehead atoms. The molecule has 2 N–H and O–H groups in total. The van der Waals surface area contributed by atoms with Gasteiger partial charge in [-0.25, -0.2) is 4.99 Å². The molecule has 9 heteroatoms. The topological polar surface area (TPSA) is 61.9 Å². The fourth-order valence-corrected chi connectivity index (χ4v) is 2.46. The number of alkyl halides is 4. The van der Waals surface area contributed by atoms with E-state index in [1.165, 1.54) is 11.0 Å². The first-order chi connectivity index (χ1) is 11.2. The quantitative estimate of drug-likeness (QED) is 0.510. The molecule has 1 aromatic rings. The van der Waals surface area contributed by atoms with Crippen LogP contribution in [-0.2, 0) is 6.18 Å². The molecule has 1 heterocycles. The lowest BCUT2D eigenvalue weighted by Crippen LogP contribution is -2.47. The zero-order valence-electron chi connectivity index (χ0n) is 13.1. The van der Waals surface area contributed by atoms with E-state index < -0.39 is 17.6 Å². The van der Waals surface area contributed by atoms with Crippen molar-refractivity contribution in [1.82, 2.24) is 9.80 Å². The van der Waals surface area contributed by atoms with Gasteiger partial charge in [0.05, 0.1) is 22.7 Å². The number of rotatable bonds is 3. The van der Waals surface area contributed by atoms with Crippen molar-refractivity contribution in [2.24, 2.45) is 10.7 Å². The number of amides is 1. The molecule has 0 radical (unpaired) electrons. The summed E-state index contributed by atoms with van der Waals surface area (Å²) >= 11 is 5.48. The minimum Gasteiger partial charge on any atom is -0.386 e. The van der Waals surface area contributed by atoms with E-state index in [4.69, 9.17) is 17.3 Å². The number of hydrogen-bond donors (Lipinski definition) is 1. The Morgan fingerprint density at radius 1 is 1.29 bits per heavy atom. The van der Waals surface area contributed by atoms with Crippen LogP contribution in [0.2, 0.25) is 0 Å². The number of halogens is 4. The van der Waals surface area contributed by atoms with Crippen LogP contribution in [0.1, 0.15) is 15.9 Å². The van der Waals surface area contributed by atoms with Crippen molar-refractivity contribution in [1.29, 1.82) is 0 Å². The summed E-state index contributed by atoms with van der Waals surface area (Å²) in [5.74, 6) is -0.720. The fourth-order valence-electron chi connectivity index (χ4n) is 2.40. The zero-order chi connectivity index (χ0) is 17.9. The molecule has 0 saturated carbocycles. The molecule has 1 aliphatic rings. The number of nitrogens with two attached hydrogens (primary N) is 1. The van der Waals surface area contributed by atoms with Crippen molar-refractivity contribution in [3.05, 3.63) is 29.3 Å². The van der Waals surface area contributed by atoms with Gasteiger partial charge in [-0.05, 0) is 25.2 Å². The summed E-state index contributed by atoms with van der Waals surface area (Å²) in [6.07, 6.45) is -4.67. The first-order valence-electron chi connectivity index (χ1n) is 7.30. The number of nitrogens with zero attached hydrogens (tertiary/aromatic N) is 3. The second-order valence-electron chi connectivity index (χ2n) is 5.56. The lowest BCUT2D eigenvalue weighted by Gasteiger charge is -2.33.